The first-order valence-corrected chi connectivity index (χ1v) is 6.22. The molecule has 1 N–H and O–H groups in total. The first-order chi connectivity index (χ1) is 10.0. The molecular weight excluding hydrogens is 275 g/mol. The van der Waals surface area contributed by atoms with Gasteiger partial charge in [-0.15, -0.1) is 5.10 Å². The van der Waals surface area contributed by atoms with E-state index in [0.717, 1.165) is 6.07 Å². The largest absolute Gasteiger partial charge is 0.323 e. The molecule has 1 fully saturated rings. The number of nitrogens with zero attached hydrogens (tertiary/aromatic N) is 5. The fourth-order valence-electron chi connectivity index (χ4n) is 1.86. The van der Waals surface area contributed by atoms with Crippen LogP contribution < -0.4 is 5.32 Å². The lowest BCUT2D eigenvalue weighted by Gasteiger charge is -2.08. The Morgan fingerprint density at radius 1 is 1.62 bits per heavy atom. The van der Waals surface area contributed by atoms with Crippen LogP contribution >= 0.6 is 0 Å². The van der Waals surface area contributed by atoms with Crippen LogP contribution in [0.1, 0.15) is 12.8 Å². The van der Waals surface area contributed by atoms with E-state index < -0.39 is 17.1 Å². The Balaban J connectivity index is 1.82. The Labute approximate surface area is 119 Å². The van der Waals surface area contributed by atoms with Gasteiger partial charge < -0.3 is 5.32 Å². The quantitative estimate of drug-likeness (QED) is 0.909. The van der Waals surface area contributed by atoms with Gasteiger partial charge in [-0.3, -0.25) is 4.79 Å². The highest BCUT2D eigenvalue weighted by molar-refractivity contribution is 5.99. The molecule has 0 aliphatic heterocycles. The number of rotatable bonds is 3. The number of aromatic nitrogens is 4. The van der Waals surface area contributed by atoms with E-state index in [1.807, 2.05) is 6.07 Å². The van der Waals surface area contributed by atoms with Gasteiger partial charge >= 0.3 is 0 Å². The van der Waals surface area contributed by atoms with Gasteiger partial charge in [0, 0.05) is 13.1 Å². The number of hydrogen-bond acceptors (Lipinski definition) is 5. The standard InChI is InChI=1S/C13H10FN6O/c1-20-6-10(18-19-20)11-9(14)4-8(5-16-11)17-12(21)13(7-15)2-3-13/h4-5H,2-3H2,1H3,(H,17,21). The number of amides is 1. The van der Waals surface area contributed by atoms with Crippen LogP contribution in [-0.4, -0.2) is 25.9 Å². The van der Waals surface area contributed by atoms with Crippen molar-refractivity contribution in [3.63, 3.8) is 0 Å². The van der Waals surface area contributed by atoms with Crippen LogP contribution in [0, 0.1) is 28.8 Å². The Morgan fingerprint density at radius 3 is 2.90 bits per heavy atom. The van der Waals surface area contributed by atoms with Crippen molar-refractivity contribution in [1.82, 2.24) is 20.0 Å². The normalized spacial score (nSPS) is 15.3. The summed E-state index contributed by atoms with van der Waals surface area (Å²) in [5, 5.41) is 18.8. The van der Waals surface area contributed by atoms with Gasteiger partial charge in [0.1, 0.15) is 23.0 Å². The Bertz CT molecular complexity index is 758. The minimum absolute atomic E-state index is 0.00233. The van der Waals surface area contributed by atoms with Gasteiger partial charge in [0.2, 0.25) is 5.91 Å². The summed E-state index contributed by atoms with van der Waals surface area (Å²) in [6.45, 7) is 0. The van der Waals surface area contributed by atoms with E-state index in [1.165, 1.54) is 10.9 Å². The van der Waals surface area contributed by atoms with E-state index in [0.29, 0.717) is 12.8 Å². The van der Waals surface area contributed by atoms with E-state index in [1.54, 1.807) is 7.05 Å². The zero-order chi connectivity index (χ0) is 15.0. The molecule has 0 saturated heterocycles. The minimum atomic E-state index is -0.964. The summed E-state index contributed by atoms with van der Waals surface area (Å²) in [7, 11) is 1.61. The molecule has 21 heavy (non-hydrogen) atoms. The van der Waals surface area contributed by atoms with Crippen LogP contribution in [0.4, 0.5) is 10.1 Å². The van der Waals surface area contributed by atoms with Crippen molar-refractivity contribution in [2.45, 2.75) is 12.8 Å². The van der Waals surface area contributed by atoms with E-state index in [-0.39, 0.29) is 17.1 Å². The molecular formula is C13H10FN6O. The maximum Gasteiger partial charge on any atom is 0.244 e. The van der Waals surface area contributed by atoms with Crippen LogP contribution in [0.2, 0.25) is 0 Å². The second-order valence-corrected chi connectivity index (χ2v) is 4.88. The van der Waals surface area contributed by atoms with Gasteiger partial charge in [0.05, 0.1) is 18.0 Å². The first-order valence-electron chi connectivity index (χ1n) is 6.22. The van der Waals surface area contributed by atoms with Gasteiger partial charge in [0.25, 0.3) is 0 Å². The van der Waals surface area contributed by atoms with E-state index in [9.17, 15) is 9.18 Å². The highest BCUT2D eigenvalue weighted by atomic mass is 19.1. The molecule has 7 nitrogen and oxygen atoms in total. The summed E-state index contributed by atoms with van der Waals surface area (Å²) in [6.07, 6.45) is 5.06. The molecule has 0 unspecified atom stereocenters. The maximum absolute atomic E-state index is 14.0. The highest BCUT2D eigenvalue weighted by Crippen LogP contribution is 2.45. The smallest absolute Gasteiger partial charge is 0.244 e. The SMILES string of the molecule is Cn1[c]c(-c2ncc(NC(=O)C3(C#N)CC3)cc2F)nn1. The van der Waals surface area contributed by atoms with Crippen molar-refractivity contribution in [2.24, 2.45) is 12.5 Å². The summed E-state index contributed by atoms with van der Waals surface area (Å²) in [6, 6.07) is 3.11. The van der Waals surface area contributed by atoms with Crippen LogP contribution in [-0.2, 0) is 11.8 Å². The predicted molar refractivity (Wildman–Crippen MR) is 68.9 cm³/mol. The summed E-state index contributed by atoms with van der Waals surface area (Å²) in [5.41, 5.74) is -0.578. The van der Waals surface area contributed by atoms with Crippen LogP contribution in [0.25, 0.3) is 11.4 Å². The molecule has 2 aromatic heterocycles. The number of hydrogen-bond donors (Lipinski definition) is 1. The van der Waals surface area contributed by atoms with Crippen molar-refractivity contribution in [2.75, 3.05) is 5.32 Å². The Hall–Kier alpha value is -2.82. The number of anilines is 1. The third kappa shape index (κ3) is 2.33. The number of carbonyl (C=O) groups is 1. The number of nitrogens with one attached hydrogen (secondary N) is 1. The van der Waals surface area contributed by atoms with Crippen LogP contribution in [0.15, 0.2) is 12.3 Å². The molecule has 0 spiro atoms. The van der Waals surface area contributed by atoms with E-state index in [4.69, 9.17) is 5.26 Å². The zero-order valence-corrected chi connectivity index (χ0v) is 11.1. The van der Waals surface area contributed by atoms with Gasteiger partial charge in [-0.05, 0) is 12.8 Å². The van der Waals surface area contributed by atoms with Crippen LogP contribution in [0.5, 0.6) is 0 Å². The summed E-state index contributed by atoms with van der Waals surface area (Å²) in [4.78, 5) is 15.8. The average Bonchev–Trinajstić information content (AvgIpc) is 3.15. The monoisotopic (exact) mass is 285 g/mol. The molecule has 8 heteroatoms. The second kappa shape index (κ2) is 4.63. The molecule has 2 heterocycles. The lowest BCUT2D eigenvalue weighted by atomic mass is 10.1. The molecule has 1 amide bonds. The van der Waals surface area contributed by atoms with Gasteiger partial charge in [-0.2, -0.15) is 5.26 Å². The topological polar surface area (TPSA) is 96.5 Å². The van der Waals surface area contributed by atoms with E-state index >= 15 is 0 Å². The molecule has 2 aromatic rings. The Kier molecular flexibility index (Phi) is 2.90. The maximum atomic E-state index is 14.0. The van der Waals surface area contributed by atoms with Crippen molar-refractivity contribution in [3.05, 3.63) is 24.3 Å². The van der Waals surface area contributed by atoms with E-state index in [2.05, 4.69) is 26.8 Å². The van der Waals surface area contributed by atoms with Gasteiger partial charge in [0.15, 0.2) is 5.82 Å². The highest BCUT2D eigenvalue weighted by Gasteiger charge is 2.50. The number of carbonyl (C=O) groups excluding carboxylic acids is 1. The molecule has 0 bridgehead atoms. The second-order valence-electron chi connectivity index (χ2n) is 4.88. The fraction of sp³-hybridized carbons (Fsp3) is 0.308. The molecule has 105 valence electrons. The number of pyridine rings is 1. The third-order valence-corrected chi connectivity index (χ3v) is 3.27. The predicted octanol–water partition coefficient (Wildman–Crippen LogP) is 1.06. The molecule has 0 atom stereocenters. The summed E-state index contributed by atoms with van der Waals surface area (Å²) >= 11 is 0. The molecule has 1 radical (unpaired) electrons. The van der Waals surface area contributed by atoms with Gasteiger partial charge in [-0.25, -0.2) is 14.1 Å². The van der Waals surface area contributed by atoms with Crippen molar-refractivity contribution in [3.8, 4) is 17.5 Å². The molecule has 1 aliphatic rings. The van der Waals surface area contributed by atoms with Crippen molar-refractivity contribution >= 4 is 11.6 Å². The molecule has 0 aromatic carbocycles. The zero-order valence-electron chi connectivity index (χ0n) is 11.1. The number of halogens is 1. The number of aryl methyl sites for hydroxylation is 1. The van der Waals surface area contributed by atoms with Crippen LogP contribution in [0.3, 0.4) is 0 Å². The third-order valence-electron chi connectivity index (χ3n) is 3.27. The Morgan fingerprint density at radius 2 is 2.38 bits per heavy atom. The lowest BCUT2D eigenvalue weighted by molar-refractivity contribution is -0.119. The molecule has 1 aliphatic carbocycles. The number of nitriles is 1. The minimum Gasteiger partial charge on any atom is -0.323 e. The lowest BCUT2D eigenvalue weighted by Crippen LogP contribution is -2.22. The molecule has 3 rings (SSSR count). The van der Waals surface area contributed by atoms with Crippen molar-refractivity contribution in [1.29, 1.82) is 5.26 Å². The first kappa shape index (κ1) is 13.2. The van der Waals surface area contributed by atoms with Gasteiger partial charge in [-0.1, -0.05) is 5.21 Å². The average molecular weight is 285 g/mol. The molecule has 1 saturated carbocycles. The summed E-state index contributed by atoms with van der Waals surface area (Å²) in [5.74, 6) is -1.07. The fourth-order valence-corrected chi connectivity index (χ4v) is 1.86. The summed E-state index contributed by atoms with van der Waals surface area (Å²) < 4.78 is 15.3. The van der Waals surface area contributed by atoms with Crippen molar-refractivity contribution < 1.29 is 9.18 Å².